The van der Waals surface area contributed by atoms with Crippen molar-refractivity contribution in [2.75, 3.05) is 13.2 Å². The average Bonchev–Trinajstić information content (AvgIpc) is 2.49. The fourth-order valence-electron chi connectivity index (χ4n) is 1.55. The van der Waals surface area contributed by atoms with E-state index in [1.165, 1.54) is 0 Å². The Hall–Kier alpha value is -0.980. The number of hydrogen-bond donors (Lipinski definition) is 0. The molecule has 106 valence electrons. The van der Waals surface area contributed by atoms with Crippen LogP contribution in [0.5, 0.6) is 0 Å². The number of halogens is 2. The lowest BCUT2D eigenvalue weighted by Crippen LogP contribution is -2.05. The molecule has 0 bridgehead atoms. The van der Waals surface area contributed by atoms with Gasteiger partial charge in [-0.15, -0.1) is 0 Å². The molecular formula is C15H14ClIO3. The van der Waals surface area contributed by atoms with E-state index in [9.17, 15) is 4.79 Å². The molecule has 1 heterocycles. The first-order valence-corrected chi connectivity index (χ1v) is 8.77. The molecule has 0 aromatic heterocycles. The van der Waals surface area contributed by atoms with Crippen LogP contribution in [0.4, 0.5) is 0 Å². The number of rotatable bonds is 7. The van der Waals surface area contributed by atoms with E-state index in [2.05, 4.69) is 0 Å². The second-order valence-corrected chi connectivity index (χ2v) is 6.64. The summed E-state index contributed by atoms with van der Waals surface area (Å²) in [5, 5.41) is 0.618. The monoisotopic (exact) mass is 404 g/mol. The lowest BCUT2D eigenvalue weighted by atomic mass is 10.2. The average molecular weight is 405 g/mol. The molecule has 0 aliphatic carbocycles. The molecule has 5 heteroatoms. The summed E-state index contributed by atoms with van der Waals surface area (Å²) in [6.45, 7) is 1.50. The highest BCUT2D eigenvalue weighted by Gasteiger charge is 2.08. The number of benzene rings is 1. The molecule has 1 aromatic carbocycles. The van der Waals surface area contributed by atoms with E-state index < -0.39 is 20.7 Å². The quantitative estimate of drug-likeness (QED) is 0.396. The maximum Gasteiger partial charge on any atom is 0.161 e. The molecule has 0 N–H and O–H groups in total. The van der Waals surface area contributed by atoms with Crippen molar-refractivity contribution in [3.63, 3.8) is 0 Å². The minimum atomic E-state index is -0.460. The SMILES string of the molecule is O=CC1=C(OCCOCc2ccccc2)I=CC(Cl)=C1. The van der Waals surface area contributed by atoms with Gasteiger partial charge in [0.25, 0.3) is 0 Å². The predicted molar refractivity (Wildman–Crippen MR) is 89.2 cm³/mol. The van der Waals surface area contributed by atoms with Crippen molar-refractivity contribution in [3.05, 3.63) is 56.3 Å². The van der Waals surface area contributed by atoms with Crippen LogP contribution in [-0.2, 0) is 20.9 Å². The standard InChI is InChI=1S/C15H14ClIO3/c16-14-8-13(10-18)15(17-9-14)20-7-6-19-11-12-4-2-1-3-5-12/h1-5,8-10H,6-7,11H2. The van der Waals surface area contributed by atoms with E-state index in [-0.39, 0.29) is 0 Å². The van der Waals surface area contributed by atoms with Gasteiger partial charge in [-0.05, 0) is 36.4 Å². The Morgan fingerprint density at radius 1 is 1.20 bits per heavy atom. The number of allylic oxidation sites excluding steroid dienone is 3. The molecule has 0 saturated heterocycles. The van der Waals surface area contributed by atoms with Crippen LogP contribution in [0.2, 0.25) is 0 Å². The molecule has 0 unspecified atom stereocenters. The summed E-state index contributed by atoms with van der Waals surface area (Å²) in [7, 11) is 0. The van der Waals surface area contributed by atoms with Gasteiger partial charge in [-0.1, -0.05) is 41.9 Å². The van der Waals surface area contributed by atoms with Crippen LogP contribution in [0.15, 0.2) is 50.8 Å². The molecule has 20 heavy (non-hydrogen) atoms. The fraction of sp³-hybridized carbons (Fsp3) is 0.200. The number of carbonyl (C=O) groups excluding carboxylic acids is 1. The summed E-state index contributed by atoms with van der Waals surface area (Å²) in [5.41, 5.74) is 1.68. The Labute approximate surface area is 133 Å². The summed E-state index contributed by atoms with van der Waals surface area (Å²) >= 11 is 5.41. The molecular weight excluding hydrogens is 391 g/mol. The van der Waals surface area contributed by atoms with Crippen molar-refractivity contribution in [1.29, 1.82) is 0 Å². The van der Waals surface area contributed by atoms with E-state index in [0.717, 1.165) is 15.6 Å². The Morgan fingerprint density at radius 2 is 2.00 bits per heavy atom. The van der Waals surface area contributed by atoms with E-state index in [1.807, 2.05) is 34.3 Å². The third-order valence-corrected chi connectivity index (χ3v) is 5.54. The van der Waals surface area contributed by atoms with E-state index in [0.29, 0.717) is 30.4 Å². The van der Waals surface area contributed by atoms with Crippen molar-refractivity contribution < 1.29 is 14.3 Å². The normalized spacial score (nSPS) is 14.6. The van der Waals surface area contributed by atoms with Crippen LogP contribution in [0.1, 0.15) is 5.56 Å². The maximum atomic E-state index is 10.9. The van der Waals surface area contributed by atoms with E-state index in [1.54, 1.807) is 6.08 Å². The van der Waals surface area contributed by atoms with Crippen LogP contribution < -0.4 is 0 Å². The molecule has 0 saturated carbocycles. The lowest BCUT2D eigenvalue weighted by molar-refractivity contribution is -0.104. The molecule has 3 nitrogen and oxygen atoms in total. The Bertz CT molecular complexity index is 549. The van der Waals surface area contributed by atoms with Crippen LogP contribution in [0, 0.1) is 0 Å². The van der Waals surface area contributed by atoms with Gasteiger partial charge >= 0.3 is 0 Å². The molecule has 1 aliphatic rings. The summed E-state index contributed by atoms with van der Waals surface area (Å²) in [6.07, 6.45) is 2.42. The second-order valence-electron chi connectivity index (χ2n) is 3.98. The van der Waals surface area contributed by atoms with Crippen molar-refractivity contribution in [2.24, 2.45) is 0 Å². The first-order valence-electron chi connectivity index (χ1n) is 6.07. The smallest absolute Gasteiger partial charge is 0.161 e. The van der Waals surface area contributed by atoms with Gasteiger partial charge in [-0.2, -0.15) is 0 Å². The zero-order valence-electron chi connectivity index (χ0n) is 10.7. The summed E-state index contributed by atoms with van der Waals surface area (Å²) in [4.78, 5) is 10.9. The van der Waals surface area contributed by atoms with Gasteiger partial charge in [0.1, 0.15) is 6.61 Å². The second kappa shape index (κ2) is 8.34. The van der Waals surface area contributed by atoms with Gasteiger partial charge in [-0.25, -0.2) is 0 Å². The molecule has 0 radical (unpaired) electrons. The Morgan fingerprint density at radius 3 is 2.75 bits per heavy atom. The third kappa shape index (κ3) is 4.85. The van der Waals surface area contributed by atoms with Gasteiger partial charge in [0, 0.05) is 5.03 Å². The van der Waals surface area contributed by atoms with E-state index in [4.69, 9.17) is 21.1 Å². The van der Waals surface area contributed by atoms with Gasteiger partial charge in [0.05, 0.1) is 18.8 Å². The third-order valence-electron chi connectivity index (χ3n) is 2.47. The first-order chi connectivity index (χ1) is 9.79. The van der Waals surface area contributed by atoms with Gasteiger partial charge in [0.2, 0.25) is 0 Å². The first kappa shape index (κ1) is 15.4. The Balaban J connectivity index is 1.74. The van der Waals surface area contributed by atoms with Crippen LogP contribution in [0.3, 0.4) is 0 Å². The summed E-state index contributed by atoms with van der Waals surface area (Å²) in [6, 6.07) is 9.97. The van der Waals surface area contributed by atoms with Crippen LogP contribution in [0.25, 0.3) is 0 Å². The molecule has 0 amide bonds. The van der Waals surface area contributed by atoms with Crippen LogP contribution >= 0.6 is 32.3 Å². The van der Waals surface area contributed by atoms with Crippen molar-refractivity contribution >= 4 is 42.6 Å². The van der Waals surface area contributed by atoms with Gasteiger partial charge in [-0.3, -0.25) is 4.79 Å². The highest BCUT2D eigenvalue weighted by Crippen LogP contribution is 2.27. The van der Waals surface area contributed by atoms with Crippen molar-refractivity contribution in [1.82, 2.24) is 0 Å². The van der Waals surface area contributed by atoms with Crippen LogP contribution in [-0.4, -0.2) is 23.5 Å². The molecule has 0 atom stereocenters. The predicted octanol–water partition coefficient (Wildman–Crippen LogP) is 3.54. The molecule has 1 aromatic rings. The van der Waals surface area contributed by atoms with Gasteiger partial charge in [0.15, 0.2) is 10.1 Å². The summed E-state index contributed by atoms with van der Waals surface area (Å²) < 4.78 is 13.8. The van der Waals surface area contributed by atoms with Crippen molar-refractivity contribution in [3.8, 4) is 0 Å². The minimum absolute atomic E-state index is 0.443. The highest BCUT2D eigenvalue weighted by molar-refractivity contribution is 14.2. The topological polar surface area (TPSA) is 35.5 Å². The number of hydrogen-bond acceptors (Lipinski definition) is 3. The van der Waals surface area contributed by atoms with Gasteiger partial charge < -0.3 is 9.47 Å². The molecule has 1 aliphatic heterocycles. The summed E-state index contributed by atoms with van der Waals surface area (Å²) in [5.74, 6) is 0. The molecule has 0 fully saturated rings. The zero-order chi connectivity index (χ0) is 14.2. The van der Waals surface area contributed by atoms with E-state index >= 15 is 0 Å². The largest absolute Gasteiger partial charge is 0.485 e. The molecule has 2 rings (SSSR count). The highest BCUT2D eigenvalue weighted by atomic mass is 127. The molecule has 0 spiro atoms. The Kier molecular flexibility index (Phi) is 6.42. The minimum Gasteiger partial charge on any atom is -0.485 e. The van der Waals surface area contributed by atoms with Crippen molar-refractivity contribution in [2.45, 2.75) is 6.61 Å². The maximum absolute atomic E-state index is 10.9. The number of carbonyl (C=O) groups is 1. The lowest BCUT2D eigenvalue weighted by Gasteiger charge is -2.11. The number of ether oxygens (including phenoxy) is 2. The fourth-order valence-corrected chi connectivity index (χ4v) is 3.75. The zero-order valence-corrected chi connectivity index (χ0v) is 13.6. The number of aldehydes is 1.